The highest BCUT2D eigenvalue weighted by Crippen LogP contribution is 2.27. The molecule has 1 amide bonds. The summed E-state index contributed by atoms with van der Waals surface area (Å²) in [4.78, 5) is 28.1. The van der Waals surface area contributed by atoms with Crippen molar-refractivity contribution in [1.29, 1.82) is 0 Å². The van der Waals surface area contributed by atoms with E-state index in [0.717, 1.165) is 12.8 Å². The van der Waals surface area contributed by atoms with Crippen LogP contribution in [0.2, 0.25) is 5.02 Å². The molecular weight excluding hydrogens is 370 g/mol. The van der Waals surface area contributed by atoms with Gasteiger partial charge in [-0.05, 0) is 43.2 Å². The summed E-state index contributed by atoms with van der Waals surface area (Å²) in [7, 11) is 1.32. The smallest absolute Gasteiger partial charge is 0.337 e. The molecule has 0 saturated carbocycles. The second kappa shape index (κ2) is 8.83. The van der Waals surface area contributed by atoms with Crippen molar-refractivity contribution in [2.75, 3.05) is 31.0 Å². The number of hydrogen-bond donors (Lipinski definition) is 2. The Labute approximate surface area is 162 Å². The van der Waals surface area contributed by atoms with E-state index in [4.69, 9.17) is 21.1 Å². The largest absolute Gasteiger partial charge is 0.465 e. The molecule has 0 unspecified atom stereocenters. The number of carbonyl (C=O) groups is 2. The van der Waals surface area contributed by atoms with Gasteiger partial charge < -0.3 is 20.1 Å². The Morgan fingerprint density at radius 2 is 2.00 bits per heavy atom. The minimum Gasteiger partial charge on any atom is -0.465 e. The van der Waals surface area contributed by atoms with Gasteiger partial charge in [0.05, 0.1) is 35.3 Å². The maximum atomic E-state index is 12.2. The third kappa shape index (κ3) is 4.96. The van der Waals surface area contributed by atoms with Crippen molar-refractivity contribution in [2.24, 2.45) is 5.92 Å². The molecule has 2 heterocycles. The van der Waals surface area contributed by atoms with Gasteiger partial charge in [-0.2, -0.15) is 0 Å². The molecule has 0 radical (unpaired) electrons. The molecule has 27 heavy (non-hydrogen) atoms. The maximum absolute atomic E-state index is 12.2. The van der Waals surface area contributed by atoms with Crippen LogP contribution in [0.15, 0.2) is 36.5 Å². The molecule has 7 nitrogen and oxygen atoms in total. The summed E-state index contributed by atoms with van der Waals surface area (Å²) in [6.45, 7) is 1.22. The molecule has 1 saturated heterocycles. The molecule has 1 fully saturated rings. The van der Waals surface area contributed by atoms with Crippen molar-refractivity contribution >= 4 is 40.7 Å². The summed E-state index contributed by atoms with van der Waals surface area (Å²) in [6, 6.07) is 8.29. The van der Waals surface area contributed by atoms with Gasteiger partial charge in [-0.3, -0.25) is 4.79 Å². The van der Waals surface area contributed by atoms with E-state index in [1.54, 1.807) is 36.5 Å². The van der Waals surface area contributed by atoms with E-state index in [1.165, 1.54) is 7.11 Å². The number of nitrogens with zero attached hydrogens (tertiary/aromatic N) is 1. The van der Waals surface area contributed by atoms with E-state index >= 15 is 0 Å². The van der Waals surface area contributed by atoms with Gasteiger partial charge in [-0.15, -0.1) is 0 Å². The summed E-state index contributed by atoms with van der Waals surface area (Å²) < 4.78 is 9.98. The van der Waals surface area contributed by atoms with Crippen LogP contribution in [0.5, 0.6) is 0 Å². The number of amides is 1. The highest BCUT2D eigenvalue weighted by Gasteiger charge is 2.21. The number of halogens is 1. The highest BCUT2D eigenvalue weighted by molar-refractivity contribution is 6.33. The van der Waals surface area contributed by atoms with E-state index in [-0.39, 0.29) is 11.8 Å². The van der Waals surface area contributed by atoms with Gasteiger partial charge in [0.1, 0.15) is 5.82 Å². The van der Waals surface area contributed by atoms with Gasteiger partial charge in [0, 0.05) is 19.1 Å². The van der Waals surface area contributed by atoms with Crippen molar-refractivity contribution in [3.63, 3.8) is 0 Å². The number of aromatic nitrogens is 1. The van der Waals surface area contributed by atoms with E-state index < -0.39 is 5.97 Å². The van der Waals surface area contributed by atoms with Crippen molar-refractivity contribution in [3.05, 3.63) is 47.1 Å². The van der Waals surface area contributed by atoms with Crippen LogP contribution in [-0.4, -0.2) is 37.2 Å². The average molecular weight is 390 g/mol. The first-order valence-electron chi connectivity index (χ1n) is 8.56. The zero-order chi connectivity index (χ0) is 19.2. The number of methoxy groups -OCH3 is 1. The molecule has 3 rings (SSSR count). The minimum atomic E-state index is -0.445. The topological polar surface area (TPSA) is 89.6 Å². The molecule has 2 N–H and O–H groups in total. The molecule has 142 valence electrons. The van der Waals surface area contributed by atoms with Gasteiger partial charge in [0.25, 0.3) is 0 Å². The van der Waals surface area contributed by atoms with Crippen LogP contribution in [0.1, 0.15) is 23.2 Å². The zero-order valence-corrected chi connectivity index (χ0v) is 15.6. The monoisotopic (exact) mass is 389 g/mol. The van der Waals surface area contributed by atoms with Crippen molar-refractivity contribution in [1.82, 2.24) is 4.98 Å². The van der Waals surface area contributed by atoms with Crippen LogP contribution in [0, 0.1) is 5.92 Å². The van der Waals surface area contributed by atoms with Gasteiger partial charge in [-0.25, -0.2) is 9.78 Å². The van der Waals surface area contributed by atoms with Crippen LogP contribution >= 0.6 is 11.6 Å². The molecule has 2 aromatic rings. The van der Waals surface area contributed by atoms with Crippen molar-refractivity contribution < 1.29 is 19.1 Å². The molecular formula is C19H20ClN3O4. The van der Waals surface area contributed by atoms with E-state index in [9.17, 15) is 9.59 Å². The van der Waals surface area contributed by atoms with Crippen LogP contribution in [0.4, 0.5) is 17.2 Å². The predicted octanol–water partition coefficient (Wildman–Crippen LogP) is 3.63. The quantitative estimate of drug-likeness (QED) is 0.759. The fraction of sp³-hybridized carbons (Fsp3) is 0.316. The van der Waals surface area contributed by atoms with Crippen LogP contribution < -0.4 is 10.6 Å². The van der Waals surface area contributed by atoms with E-state index in [2.05, 4.69) is 15.6 Å². The lowest BCUT2D eigenvalue weighted by atomic mass is 9.99. The first kappa shape index (κ1) is 19.1. The van der Waals surface area contributed by atoms with Gasteiger partial charge in [0.15, 0.2) is 0 Å². The van der Waals surface area contributed by atoms with Crippen molar-refractivity contribution in [3.8, 4) is 0 Å². The number of esters is 1. The standard InChI is InChI=1S/C19H20ClN3O4/c1-26-19(25)13-2-4-15(20)16(10-13)22-14-3-5-17(21-11-14)23-18(24)12-6-8-27-9-7-12/h2-5,10-12,22H,6-9H2,1H3,(H,21,23,24). The SMILES string of the molecule is COC(=O)c1ccc(Cl)c(Nc2ccc(NC(=O)C3CCOCC3)nc2)c1. The summed E-state index contributed by atoms with van der Waals surface area (Å²) in [5, 5.41) is 6.39. The molecule has 1 aliphatic heterocycles. The Balaban J connectivity index is 1.65. The molecule has 1 aromatic carbocycles. The normalized spacial score (nSPS) is 14.4. The number of anilines is 3. The third-order valence-corrected chi connectivity index (χ3v) is 4.60. The second-order valence-electron chi connectivity index (χ2n) is 6.12. The molecule has 0 bridgehead atoms. The molecule has 0 spiro atoms. The summed E-state index contributed by atoms with van der Waals surface area (Å²) in [6.07, 6.45) is 3.03. The lowest BCUT2D eigenvalue weighted by Gasteiger charge is -2.21. The summed E-state index contributed by atoms with van der Waals surface area (Å²) in [5.41, 5.74) is 1.61. The first-order chi connectivity index (χ1) is 13.1. The summed E-state index contributed by atoms with van der Waals surface area (Å²) in [5.74, 6) is -0.0518. The molecule has 0 aliphatic carbocycles. The third-order valence-electron chi connectivity index (χ3n) is 4.27. The van der Waals surface area contributed by atoms with Crippen LogP contribution in [0.25, 0.3) is 0 Å². The highest BCUT2D eigenvalue weighted by atomic mass is 35.5. The Kier molecular flexibility index (Phi) is 6.26. The number of pyridine rings is 1. The Morgan fingerprint density at radius 3 is 2.67 bits per heavy atom. The average Bonchev–Trinajstić information content (AvgIpc) is 2.71. The fourth-order valence-electron chi connectivity index (χ4n) is 2.75. The Bertz CT molecular complexity index is 820. The lowest BCUT2D eigenvalue weighted by Crippen LogP contribution is -2.28. The van der Waals surface area contributed by atoms with E-state index in [0.29, 0.717) is 41.0 Å². The van der Waals surface area contributed by atoms with Crippen LogP contribution in [0.3, 0.4) is 0 Å². The molecule has 0 atom stereocenters. The number of benzene rings is 1. The maximum Gasteiger partial charge on any atom is 0.337 e. The number of nitrogens with one attached hydrogen (secondary N) is 2. The number of hydrogen-bond acceptors (Lipinski definition) is 6. The fourth-order valence-corrected chi connectivity index (χ4v) is 2.92. The Morgan fingerprint density at radius 1 is 1.22 bits per heavy atom. The summed E-state index contributed by atoms with van der Waals surface area (Å²) >= 11 is 6.18. The minimum absolute atomic E-state index is 0.0414. The van der Waals surface area contributed by atoms with Gasteiger partial charge in [0.2, 0.25) is 5.91 Å². The van der Waals surface area contributed by atoms with E-state index in [1.807, 2.05) is 0 Å². The molecule has 8 heteroatoms. The predicted molar refractivity (Wildman–Crippen MR) is 102 cm³/mol. The van der Waals surface area contributed by atoms with Crippen molar-refractivity contribution in [2.45, 2.75) is 12.8 Å². The molecule has 1 aliphatic rings. The van der Waals surface area contributed by atoms with Crippen LogP contribution in [-0.2, 0) is 14.3 Å². The van der Waals surface area contributed by atoms with Gasteiger partial charge >= 0.3 is 5.97 Å². The van der Waals surface area contributed by atoms with Gasteiger partial charge in [-0.1, -0.05) is 11.6 Å². The second-order valence-corrected chi connectivity index (χ2v) is 6.53. The number of carbonyl (C=O) groups excluding carboxylic acids is 2. The first-order valence-corrected chi connectivity index (χ1v) is 8.94. The lowest BCUT2D eigenvalue weighted by molar-refractivity contribution is -0.122. The Hall–Kier alpha value is -2.64. The number of rotatable bonds is 5. The molecule has 1 aromatic heterocycles. The number of ether oxygens (including phenoxy) is 2. The zero-order valence-electron chi connectivity index (χ0n) is 14.8.